The first-order valence-corrected chi connectivity index (χ1v) is 9.50. The zero-order chi connectivity index (χ0) is 19.3. The molecule has 1 saturated heterocycles. The van der Waals surface area contributed by atoms with E-state index in [2.05, 4.69) is 44.1 Å². The Labute approximate surface area is 164 Å². The molecule has 0 saturated carbocycles. The zero-order valence-electron chi connectivity index (χ0n) is 16.3. The minimum atomic E-state index is 0.527. The Bertz CT molecular complexity index is 918. The summed E-state index contributed by atoms with van der Waals surface area (Å²) in [5, 5.41) is 4.14. The van der Waals surface area contributed by atoms with Crippen molar-refractivity contribution in [3.8, 4) is 11.5 Å². The van der Waals surface area contributed by atoms with Gasteiger partial charge in [-0.15, -0.1) is 0 Å². The molecule has 1 fully saturated rings. The molecule has 3 aromatic rings. The molecule has 7 heteroatoms. The van der Waals surface area contributed by atoms with E-state index < -0.39 is 0 Å². The molecule has 1 aromatic carbocycles. The summed E-state index contributed by atoms with van der Waals surface area (Å²) < 4.78 is 10.7. The van der Waals surface area contributed by atoms with Crippen molar-refractivity contribution in [3.63, 3.8) is 0 Å². The minimum absolute atomic E-state index is 0.527. The van der Waals surface area contributed by atoms with Crippen LogP contribution in [0, 0.1) is 0 Å². The first-order chi connectivity index (χ1) is 13.7. The van der Waals surface area contributed by atoms with Gasteiger partial charge in [0.05, 0.1) is 13.0 Å². The van der Waals surface area contributed by atoms with Crippen molar-refractivity contribution < 1.29 is 9.26 Å². The number of hydrogen-bond acceptors (Lipinski definition) is 7. The predicted molar refractivity (Wildman–Crippen MR) is 107 cm³/mol. The molecule has 0 radical (unpaired) electrons. The first-order valence-electron chi connectivity index (χ1n) is 9.50. The third-order valence-corrected chi connectivity index (χ3v) is 4.97. The Hall–Kier alpha value is -2.77. The predicted octanol–water partition coefficient (Wildman–Crippen LogP) is 2.62. The Balaban J connectivity index is 1.48. The molecule has 0 bridgehead atoms. The number of aromatic nitrogens is 3. The second kappa shape index (κ2) is 8.50. The van der Waals surface area contributed by atoms with Crippen molar-refractivity contribution in [1.29, 1.82) is 0 Å². The van der Waals surface area contributed by atoms with Crippen LogP contribution in [0.25, 0.3) is 11.5 Å². The summed E-state index contributed by atoms with van der Waals surface area (Å²) in [4.78, 5) is 13.7. The molecule has 0 amide bonds. The maximum absolute atomic E-state index is 5.47. The van der Waals surface area contributed by atoms with Crippen LogP contribution in [0.2, 0.25) is 0 Å². The van der Waals surface area contributed by atoms with Crippen molar-refractivity contribution in [2.24, 2.45) is 0 Å². The number of ether oxygens (including phenoxy) is 1. The maximum Gasteiger partial charge on any atom is 0.231 e. The van der Waals surface area contributed by atoms with Crippen LogP contribution in [0.15, 0.2) is 47.1 Å². The molecule has 0 spiro atoms. The molecule has 0 unspecified atom stereocenters. The number of rotatable bonds is 6. The Kier molecular flexibility index (Phi) is 5.64. The number of piperazine rings is 1. The monoisotopic (exact) mass is 379 g/mol. The average Bonchev–Trinajstić information content (AvgIpc) is 3.18. The lowest BCUT2D eigenvalue weighted by molar-refractivity contribution is 0.185. The first kappa shape index (κ1) is 18.6. The SMILES string of the molecule is COCc1cccc(Cc2nc(-c3cc(N4CCN(C)CC4)ccn3)no2)c1. The van der Waals surface area contributed by atoms with Crippen molar-refractivity contribution in [3.05, 3.63) is 59.6 Å². The van der Waals surface area contributed by atoms with Gasteiger partial charge in [0.1, 0.15) is 5.69 Å². The van der Waals surface area contributed by atoms with Crippen LogP contribution in [0.1, 0.15) is 17.0 Å². The summed E-state index contributed by atoms with van der Waals surface area (Å²) in [5.74, 6) is 1.11. The topological polar surface area (TPSA) is 67.5 Å². The third kappa shape index (κ3) is 4.37. The molecule has 28 heavy (non-hydrogen) atoms. The highest BCUT2D eigenvalue weighted by Gasteiger charge is 2.16. The molecule has 3 heterocycles. The van der Waals surface area contributed by atoms with Gasteiger partial charge in [-0.3, -0.25) is 4.98 Å². The van der Waals surface area contributed by atoms with E-state index in [1.54, 1.807) is 7.11 Å². The lowest BCUT2D eigenvalue weighted by atomic mass is 10.1. The van der Waals surface area contributed by atoms with E-state index in [9.17, 15) is 0 Å². The van der Waals surface area contributed by atoms with E-state index in [-0.39, 0.29) is 0 Å². The van der Waals surface area contributed by atoms with Crippen molar-refractivity contribution in [1.82, 2.24) is 20.0 Å². The molecule has 0 aliphatic carbocycles. The van der Waals surface area contributed by atoms with Gasteiger partial charge in [-0.2, -0.15) is 4.98 Å². The molecular weight excluding hydrogens is 354 g/mol. The Morgan fingerprint density at radius 3 is 2.71 bits per heavy atom. The molecule has 1 aliphatic rings. The number of likely N-dealkylation sites (N-methyl/N-ethyl adjacent to an activating group) is 1. The largest absolute Gasteiger partial charge is 0.380 e. The number of nitrogens with zero attached hydrogens (tertiary/aromatic N) is 5. The third-order valence-electron chi connectivity index (χ3n) is 4.97. The van der Waals surface area contributed by atoms with Crippen molar-refractivity contribution in [2.75, 3.05) is 45.2 Å². The summed E-state index contributed by atoms with van der Waals surface area (Å²) in [6.45, 7) is 4.73. The van der Waals surface area contributed by atoms with E-state index in [0.717, 1.165) is 48.7 Å². The van der Waals surface area contributed by atoms with Gasteiger partial charge in [-0.05, 0) is 30.3 Å². The highest BCUT2D eigenvalue weighted by atomic mass is 16.5. The quantitative estimate of drug-likeness (QED) is 0.652. The van der Waals surface area contributed by atoms with E-state index >= 15 is 0 Å². The molecule has 4 rings (SSSR count). The fourth-order valence-electron chi connectivity index (χ4n) is 3.40. The number of pyridine rings is 1. The summed E-state index contributed by atoms with van der Waals surface area (Å²) in [6, 6.07) is 12.3. The van der Waals surface area contributed by atoms with E-state index in [1.165, 1.54) is 0 Å². The Morgan fingerprint density at radius 1 is 1.07 bits per heavy atom. The normalized spacial score (nSPS) is 15.1. The van der Waals surface area contributed by atoms with Crippen LogP contribution in [-0.4, -0.2) is 60.4 Å². The summed E-state index contributed by atoms with van der Waals surface area (Å²) in [5.41, 5.74) is 4.13. The lowest BCUT2D eigenvalue weighted by Crippen LogP contribution is -2.44. The second-order valence-corrected chi connectivity index (χ2v) is 7.13. The van der Waals surface area contributed by atoms with E-state index in [1.807, 2.05) is 30.5 Å². The highest BCUT2D eigenvalue weighted by molar-refractivity contribution is 5.58. The van der Waals surface area contributed by atoms with Gasteiger partial charge in [0, 0.05) is 45.2 Å². The van der Waals surface area contributed by atoms with Crippen LogP contribution in [-0.2, 0) is 17.8 Å². The number of anilines is 1. The van der Waals surface area contributed by atoms with Crippen LogP contribution in [0.4, 0.5) is 5.69 Å². The molecule has 2 aromatic heterocycles. The smallest absolute Gasteiger partial charge is 0.231 e. The van der Waals surface area contributed by atoms with Gasteiger partial charge in [0.15, 0.2) is 0 Å². The van der Waals surface area contributed by atoms with Crippen LogP contribution in [0.5, 0.6) is 0 Å². The van der Waals surface area contributed by atoms with Crippen molar-refractivity contribution >= 4 is 5.69 Å². The molecular formula is C21H25N5O2. The van der Waals surface area contributed by atoms with Crippen LogP contribution < -0.4 is 4.90 Å². The van der Waals surface area contributed by atoms with E-state index in [4.69, 9.17) is 9.26 Å². The van der Waals surface area contributed by atoms with Crippen LogP contribution >= 0.6 is 0 Å². The summed E-state index contributed by atoms with van der Waals surface area (Å²) >= 11 is 0. The van der Waals surface area contributed by atoms with Gasteiger partial charge >= 0.3 is 0 Å². The zero-order valence-corrected chi connectivity index (χ0v) is 16.3. The number of benzene rings is 1. The van der Waals surface area contributed by atoms with Gasteiger partial charge in [-0.25, -0.2) is 0 Å². The molecule has 0 atom stereocenters. The van der Waals surface area contributed by atoms with E-state index in [0.29, 0.717) is 24.7 Å². The summed E-state index contributed by atoms with van der Waals surface area (Å²) in [7, 11) is 3.85. The van der Waals surface area contributed by atoms with Crippen LogP contribution in [0.3, 0.4) is 0 Å². The fourth-order valence-corrected chi connectivity index (χ4v) is 3.40. The van der Waals surface area contributed by atoms with Gasteiger partial charge in [0.25, 0.3) is 0 Å². The van der Waals surface area contributed by atoms with Gasteiger partial charge < -0.3 is 19.1 Å². The number of hydrogen-bond donors (Lipinski definition) is 0. The molecule has 0 N–H and O–H groups in total. The van der Waals surface area contributed by atoms with Gasteiger partial charge in [0.2, 0.25) is 11.7 Å². The average molecular weight is 379 g/mol. The second-order valence-electron chi connectivity index (χ2n) is 7.13. The standard InChI is InChI=1S/C21H25N5O2/c1-25-8-10-26(11-9-25)18-6-7-22-19(14-18)21-23-20(28-24-21)13-16-4-3-5-17(12-16)15-27-2/h3-7,12,14H,8-11,13,15H2,1-2H3. The maximum atomic E-state index is 5.47. The van der Waals surface area contributed by atoms with Gasteiger partial charge in [-0.1, -0.05) is 29.4 Å². The van der Waals surface area contributed by atoms with Crippen molar-refractivity contribution in [2.45, 2.75) is 13.0 Å². The lowest BCUT2D eigenvalue weighted by Gasteiger charge is -2.34. The number of methoxy groups -OCH3 is 1. The fraction of sp³-hybridized carbons (Fsp3) is 0.381. The minimum Gasteiger partial charge on any atom is -0.380 e. The highest BCUT2D eigenvalue weighted by Crippen LogP contribution is 2.22. The summed E-state index contributed by atoms with van der Waals surface area (Å²) in [6.07, 6.45) is 2.40. The molecule has 1 aliphatic heterocycles. The molecule has 7 nitrogen and oxygen atoms in total. The Morgan fingerprint density at radius 2 is 1.89 bits per heavy atom. The molecule has 146 valence electrons.